The lowest BCUT2D eigenvalue weighted by atomic mass is 10.0. The fraction of sp³-hybridized carbons (Fsp3) is 0.391. The van der Waals surface area contributed by atoms with Gasteiger partial charge in [0.05, 0.1) is 0 Å². The van der Waals surface area contributed by atoms with Gasteiger partial charge in [-0.1, -0.05) is 60.7 Å². The molecule has 1 unspecified atom stereocenters. The molecule has 1 saturated heterocycles. The van der Waals surface area contributed by atoms with E-state index >= 15 is 0 Å². The van der Waals surface area contributed by atoms with E-state index in [0.29, 0.717) is 6.42 Å². The SMILES string of the molecule is CN(C)S(=O)(=O)N1CCN(C(=O)C(Cc2ccccc2)NC(=O)OCc2ccccc2)CC1. The van der Waals surface area contributed by atoms with E-state index in [1.54, 1.807) is 4.90 Å². The first-order valence-corrected chi connectivity index (χ1v) is 12.1. The normalized spacial score (nSPS) is 15.8. The van der Waals surface area contributed by atoms with Crippen LogP contribution in [-0.2, 0) is 32.8 Å². The molecule has 0 saturated carbocycles. The van der Waals surface area contributed by atoms with E-state index < -0.39 is 22.3 Å². The first-order valence-electron chi connectivity index (χ1n) is 10.7. The summed E-state index contributed by atoms with van der Waals surface area (Å²) in [5, 5.41) is 2.70. The molecule has 1 aliphatic heterocycles. The largest absolute Gasteiger partial charge is 0.445 e. The number of carbonyl (C=O) groups is 2. The molecule has 2 aromatic carbocycles. The highest BCUT2D eigenvalue weighted by Crippen LogP contribution is 2.13. The number of benzene rings is 2. The van der Waals surface area contributed by atoms with Gasteiger partial charge in [-0.3, -0.25) is 4.79 Å². The Morgan fingerprint density at radius 1 is 0.939 bits per heavy atom. The minimum absolute atomic E-state index is 0.0972. The Morgan fingerprint density at radius 2 is 1.48 bits per heavy atom. The Labute approximate surface area is 195 Å². The number of hydrogen-bond acceptors (Lipinski definition) is 5. The summed E-state index contributed by atoms with van der Waals surface area (Å²) in [7, 11) is -0.572. The topological polar surface area (TPSA) is 99.3 Å². The third kappa shape index (κ3) is 6.77. The van der Waals surface area contributed by atoms with Crippen LogP contribution in [0.15, 0.2) is 60.7 Å². The molecule has 1 N–H and O–H groups in total. The van der Waals surface area contributed by atoms with Crippen LogP contribution in [0.5, 0.6) is 0 Å². The lowest BCUT2D eigenvalue weighted by Gasteiger charge is -2.36. The van der Waals surface area contributed by atoms with Gasteiger partial charge in [0.1, 0.15) is 12.6 Å². The van der Waals surface area contributed by atoms with Crippen LogP contribution in [0.4, 0.5) is 4.79 Å². The van der Waals surface area contributed by atoms with E-state index in [4.69, 9.17) is 4.74 Å². The maximum absolute atomic E-state index is 13.3. The molecule has 178 valence electrons. The monoisotopic (exact) mass is 474 g/mol. The van der Waals surface area contributed by atoms with Gasteiger partial charge < -0.3 is 15.0 Å². The van der Waals surface area contributed by atoms with Crippen molar-refractivity contribution in [3.05, 3.63) is 71.8 Å². The summed E-state index contributed by atoms with van der Waals surface area (Å²) in [6, 6.07) is 17.9. The van der Waals surface area contributed by atoms with Crippen LogP contribution in [0.1, 0.15) is 11.1 Å². The molecule has 1 heterocycles. The van der Waals surface area contributed by atoms with Crippen LogP contribution < -0.4 is 5.32 Å². The summed E-state index contributed by atoms with van der Waals surface area (Å²) in [5.41, 5.74) is 1.74. The van der Waals surface area contributed by atoms with Gasteiger partial charge in [0.15, 0.2) is 0 Å². The molecule has 1 aliphatic rings. The number of amides is 2. The number of alkyl carbamates (subject to hydrolysis) is 1. The summed E-state index contributed by atoms with van der Waals surface area (Å²) < 4.78 is 32.5. The Balaban J connectivity index is 1.64. The number of nitrogens with one attached hydrogen (secondary N) is 1. The van der Waals surface area contributed by atoms with Crippen molar-refractivity contribution in [2.24, 2.45) is 0 Å². The summed E-state index contributed by atoms with van der Waals surface area (Å²) in [6.07, 6.45) is -0.377. The third-order valence-electron chi connectivity index (χ3n) is 5.42. The summed E-state index contributed by atoms with van der Waals surface area (Å²) in [4.78, 5) is 27.3. The zero-order chi connectivity index (χ0) is 23.8. The predicted molar refractivity (Wildman–Crippen MR) is 124 cm³/mol. The lowest BCUT2D eigenvalue weighted by molar-refractivity contribution is -0.134. The fourth-order valence-corrected chi connectivity index (χ4v) is 4.63. The highest BCUT2D eigenvalue weighted by Gasteiger charge is 2.33. The van der Waals surface area contributed by atoms with Crippen molar-refractivity contribution in [3.8, 4) is 0 Å². The van der Waals surface area contributed by atoms with Gasteiger partial charge in [-0.25, -0.2) is 4.79 Å². The van der Waals surface area contributed by atoms with Crippen LogP contribution in [0, 0.1) is 0 Å². The van der Waals surface area contributed by atoms with Gasteiger partial charge in [-0.05, 0) is 11.1 Å². The molecule has 9 nitrogen and oxygen atoms in total. The second-order valence-corrected chi connectivity index (χ2v) is 10.1. The fourth-order valence-electron chi connectivity index (χ4n) is 3.55. The quantitative estimate of drug-likeness (QED) is 0.625. The molecule has 2 amide bonds. The van der Waals surface area contributed by atoms with Gasteiger partial charge in [0.25, 0.3) is 10.2 Å². The van der Waals surface area contributed by atoms with Crippen molar-refractivity contribution in [2.75, 3.05) is 40.3 Å². The summed E-state index contributed by atoms with van der Waals surface area (Å²) >= 11 is 0. The molecular formula is C23H30N4O5S. The molecule has 0 radical (unpaired) electrons. The maximum Gasteiger partial charge on any atom is 0.408 e. The van der Waals surface area contributed by atoms with Crippen molar-refractivity contribution in [1.29, 1.82) is 0 Å². The molecule has 0 aromatic heterocycles. The Hall–Kier alpha value is -2.95. The maximum atomic E-state index is 13.3. The van der Waals surface area contributed by atoms with Crippen molar-refractivity contribution in [3.63, 3.8) is 0 Å². The number of rotatable bonds is 8. The number of ether oxygens (including phenoxy) is 1. The molecule has 1 fully saturated rings. The van der Waals surface area contributed by atoms with Gasteiger partial charge in [0, 0.05) is 46.7 Å². The molecule has 3 rings (SSSR count). The van der Waals surface area contributed by atoms with Crippen molar-refractivity contribution >= 4 is 22.2 Å². The first kappa shape index (κ1) is 24.7. The van der Waals surface area contributed by atoms with Crippen LogP contribution in [0.3, 0.4) is 0 Å². The molecule has 2 aromatic rings. The highest BCUT2D eigenvalue weighted by molar-refractivity contribution is 7.86. The van der Waals surface area contributed by atoms with Crippen LogP contribution in [0.25, 0.3) is 0 Å². The minimum Gasteiger partial charge on any atom is -0.445 e. The van der Waals surface area contributed by atoms with Gasteiger partial charge in [-0.15, -0.1) is 0 Å². The van der Waals surface area contributed by atoms with Crippen molar-refractivity contribution in [2.45, 2.75) is 19.1 Å². The number of hydrogen-bond donors (Lipinski definition) is 1. The van der Waals surface area contributed by atoms with E-state index in [-0.39, 0.29) is 38.7 Å². The van der Waals surface area contributed by atoms with Gasteiger partial charge in [-0.2, -0.15) is 17.0 Å². The number of nitrogens with zero attached hydrogens (tertiary/aromatic N) is 3. The Morgan fingerprint density at radius 3 is 2.03 bits per heavy atom. The standard InChI is InChI=1S/C23H30N4O5S/c1-25(2)33(30,31)27-15-13-26(14-16-27)22(28)21(17-19-9-5-3-6-10-19)24-23(29)32-18-20-11-7-4-8-12-20/h3-12,21H,13-18H2,1-2H3,(H,24,29). The van der Waals surface area contributed by atoms with Crippen LogP contribution >= 0.6 is 0 Å². The molecule has 33 heavy (non-hydrogen) atoms. The lowest BCUT2D eigenvalue weighted by Crippen LogP contribution is -2.57. The van der Waals surface area contributed by atoms with Crippen molar-refractivity contribution < 1.29 is 22.7 Å². The molecule has 1 atom stereocenters. The molecular weight excluding hydrogens is 444 g/mol. The van der Waals surface area contributed by atoms with E-state index in [2.05, 4.69) is 5.32 Å². The number of piperazine rings is 1. The van der Waals surface area contributed by atoms with Crippen molar-refractivity contribution in [1.82, 2.24) is 18.8 Å². The number of carbonyl (C=O) groups excluding carboxylic acids is 2. The van der Waals surface area contributed by atoms with Gasteiger partial charge in [0.2, 0.25) is 5.91 Å². The second-order valence-electron chi connectivity index (χ2n) is 7.96. The minimum atomic E-state index is -3.53. The average Bonchev–Trinajstić information content (AvgIpc) is 2.83. The predicted octanol–water partition coefficient (Wildman–Crippen LogP) is 1.47. The third-order valence-corrected chi connectivity index (χ3v) is 7.36. The second kappa shape index (κ2) is 11.3. The van der Waals surface area contributed by atoms with E-state index in [9.17, 15) is 18.0 Å². The van der Waals surface area contributed by atoms with E-state index in [0.717, 1.165) is 15.4 Å². The zero-order valence-electron chi connectivity index (χ0n) is 18.9. The molecule has 10 heteroatoms. The first-order chi connectivity index (χ1) is 15.8. The zero-order valence-corrected chi connectivity index (χ0v) is 19.7. The van der Waals surface area contributed by atoms with E-state index in [1.807, 2.05) is 60.7 Å². The smallest absolute Gasteiger partial charge is 0.408 e. The molecule has 0 bridgehead atoms. The van der Waals surface area contributed by atoms with E-state index in [1.165, 1.54) is 18.4 Å². The molecule has 0 aliphatic carbocycles. The van der Waals surface area contributed by atoms with Crippen LogP contribution in [-0.4, -0.2) is 80.2 Å². The summed E-state index contributed by atoms with van der Waals surface area (Å²) in [6.45, 7) is 0.987. The summed E-state index contributed by atoms with van der Waals surface area (Å²) in [5.74, 6) is -0.266. The Kier molecular flexibility index (Phi) is 8.43. The highest BCUT2D eigenvalue weighted by atomic mass is 32.2. The Bertz CT molecular complexity index is 1020. The average molecular weight is 475 g/mol. The van der Waals surface area contributed by atoms with Gasteiger partial charge >= 0.3 is 6.09 Å². The molecule has 0 spiro atoms. The van der Waals surface area contributed by atoms with Crippen LogP contribution in [0.2, 0.25) is 0 Å².